The van der Waals surface area contributed by atoms with Gasteiger partial charge in [-0.3, -0.25) is 0 Å². The second-order valence-electron chi connectivity index (χ2n) is 4.83. The van der Waals surface area contributed by atoms with Crippen LogP contribution in [-0.4, -0.2) is 14.1 Å². The number of nitrogens with zero attached hydrogens (tertiary/aromatic N) is 1. The number of rotatable bonds is 5. The molecular formula is C15H18Br2N2S. The lowest BCUT2D eigenvalue weighted by atomic mass is 10.1. The van der Waals surface area contributed by atoms with Gasteiger partial charge in [-0.25, -0.2) is 0 Å². The summed E-state index contributed by atoms with van der Waals surface area (Å²) in [5.74, 6) is 0. The van der Waals surface area contributed by atoms with Gasteiger partial charge in [-0.2, -0.15) is 0 Å². The second kappa shape index (κ2) is 7.07. The maximum atomic E-state index is 3.67. The summed E-state index contributed by atoms with van der Waals surface area (Å²) in [6.45, 7) is 3.07. The Kier molecular flexibility index (Phi) is 5.66. The van der Waals surface area contributed by atoms with Crippen molar-refractivity contribution in [2.24, 2.45) is 0 Å². The quantitative estimate of drug-likeness (QED) is 0.719. The van der Waals surface area contributed by atoms with Crippen molar-refractivity contribution >= 4 is 48.9 Å². The fraction of sp³-hybridized carbons (Fsp3) is 0.333. The van der Waals surface area contributed by atoms with Crippen LogP contribution >= 0.6 is 43.2 Å². The highest BCUT2D eigenvalue weighted by Gasteiger charge is 2.10. The van der Waals surface area contributed by atoms with Crippen LogP contribution in [-0.2, 0) is 6.54 Å². The number of anilines is 1. The maximum absolute atomic E-state index is 3.67. The van der Waals surface area contributed by atoms with Crippen LogP contribution in [0.3, 0.4) is 0 Å². The SMILES string of the molecule is CNC(C)c1ccc(N(C)Cc2csc(Br)c2)cc1Br. The van der Waals surface area contributed by atoms with Crippen molar-refractivity contribution in [3.05, 3.63) is 49.0 Å². The predicted molar refractivity (Wildman–Crippen MR) is 95.7 cm³/mol. The number of hydrogen-bond donors (Lipinski definition) is 1. The van der Waals surface area contributed by atoms with Crippen LogP contribution in [0.5, 0.6) is 0 Å². The molecule has 1 unspecified atom stereocenters. The highest BCUT2D eigenvalue weighted by atomic mass is 79.9. The van der Waals surface area contributed by atoms with Gasteiger partial charge in [0.05, 0.1) is 3.79 Å². The van der Waals surface area contributed by atoms with Gasteiger partial charge in [-0.05, 0) is 64.6 Å². The van der Waals surface area contributed by atoms with Gasteiger partial charge in [-0.1, -0.05) is 22.0 Å². The first-order chi connectivity index (χ1) is 9.51. The lowest BCUT2D eigenvalue weighted by Gasteiger charge is -2.21. The number of thiophene rings is 1. The van der Waals surface area contributed by atoms with Crippen LogP contribution in [0, 0.1) is 0 Å². The van der Waals surface area contributed by atoms with Gasteiger partial charge in [0.2, 0.25) is 0 Å². The number of halogens is 2. The lowest BCUT2D eigenvalue weighted by molar-refractivity contribution is 0.649. The molecule has 0 saturated heterocycles. The van der Waals surface area contributed by atoms with Gasteiger partial charge in [0, 0.05) is 29.8 Å². The Balaban J connectivity index is 2.14. The molecule has 20 heavy (non-hydrogen) atoms. The van der Waals surface area contributed by atoms with E-state index in [0.29, 0.717) is 6.04 Å². The average molecular weight is 418 g/mol. The normalized spacial score (nSPS) is 12.4. The van der Waals surface area contributed by atoms with Gasteiger partial charge in [-0.15, -0.1) is 11.3 Å². The van der Waals surface area contributed by atoms with Crippen LogP contribution in [0.25, 0.3) is 0 Å². The molecule has 1 aromatic heterocycles. The number of hydrogen-bond acceptors (Lipinski definition) is 3. The van der Waals surface area contributed by atoms with Crippen molar-refractivity contribution in [3.63, 3.8) is 0 Å². The Morgan fingerprint density at radius 1 is 1.30 bits per heavy atom. The third-order valence-corrected chi connectivity index (χ3v) is 5.61. The number of nitrogens with one attached hydrogen (secondary N) is 1. The molecule has 1 atom stereocenters. The Hall–Kier alpha value is -0.360. The number of benzene rings is 1. The third kappa shape index (κ3) is 3.85. The smallest absolute Gasteiger partial charge is 0.0701 e. The van der Waals surface area contributed by atoms with E-state index >= 15 is 0 Å². The first-order valence-corrected chi connectivity index (χ1v) is 8.88. The van der Waals surface area contributed by atoms with Crippen LogP contribution in [0.2, 0.25) is 0 Å². The molecule has 0 spiro atoms. The minimum atomic E-state index is 0.344. The van der Waals surface area contributed by atoms with E-state index in [1.54, 1.807) is 11.3 Å². The standard InChI is InChI=1S/C15H18Br2N2S/c1-10(18-2)13-5-4-12(7-14(13)16)19(3)8-11-6-15(17)20-9-11/h4-7,9-10,18H,8H2,1-3H3. The molecule has 0 amide bonds. The van der Waals surface area contributed by atoms with Crippen LogP contribution in [0.4, 0.5) is 5.69 Å². The van der Waals surface area contributed by atoms with Crippen LogP contribution in [0.1, 0.15) is 24.1 Å². The van der Waals surface area contributed by atoms with Gasteiger partial charge in [0.1, 0.15) is 0 Å². The zero-order valence-electron chi connectivity index (χ0n) is 11.8. The molecule has 0 aliphatic heterocycles. The third-order valence-electron chi connectivity index (χ3n) is 3.37. The van der Waals surface area contributed by atoms with E-state index in [9.17, 15) is 0 Å². The highest BCUT2D eigenvalue weighted by molar-refractivity contribution is 9.11. The Morgan fingerprint density at radius 3 is 2.60 bits per heavy atom. The zero-order chi connectivity index (χ0) is 14.7. The topological polar surface area (TPSA) is 15.3 Å². The van der Waals surface area contributed by atoms with Crippen molar-refractivity contribution in [1.29, 1.82) is 0 Å². The summed E-state index contributed by atoms with van der Waals surface area (Å²) >= 11 is 8.91. The molecule has 2 aromatic rings. The molecule has 0 fully saturated rings. The summed E-state index contributed by atoms with van der Waals surface area (Å²) in [7, 11) is 4.10. The fourth-order valence-corrected chi connectivity index (χ4v) is 3.96. The molecule has 2 rings (SSSR count). The largest absolute Gasteiger partial charge is 0.370 e. The molecule has 1 heterocycles. The summed E-state index contributed by atoms with van der Waals surface area (Å²) in [6.07, 6.45) is 0. The summed E-state index contributed by atoms with van der Waals surface area (Å²) in [5.41, 5.74) is 3.82. The summed E-state index contributed by atoms with van der Waals surface area (Å²) < 4.78 is 2.33. The van der Waals surface area contributed by atoms with E-state index in [2.05, 4.69) is 85.7 Å². The second-order valence-corrected chi connectivity index (χ2v) is 7.98. The van der Waals surface area contributed by atoms with E-state index < -0.39 is 0 Å². The Labute approximate surface area is 141 Å². The fourth-order valence-electron chi connectivity index (χ4n) is 2.05. The molecule has 5 heteroatoms. The molecule has 2 nitrogen and oxygen atoms in total. The van der Waals surface area contributed by atoms with Gasteiger partial charge in [0.15, 0.2) is 0 Å². The Morgan fingerprint density at radius 2 is 2.05 bits per heavy atom. The first-order valence-electron chi connectivity index (χ1n) is 6.42. The highest BCUT2D eigenvalue weighted by Crippen LogP contribution is 2.29. The minimum absolute atomic E-state index is 0.344. The van der Waals surface area contributed by atoms with Crippen molar-refractivity contribution in [3.8, 4) is 0 Å². The average Bonchev–Trinajstić information content (AvgIpc) is 2.83. The monoisotopic (exact) mass is 416 g/mol. The van der Waals surface area contributed by atoms with E-state index in [0.717, 1.165) is 11.0 Å². The van der Waals surface area contributed by atoms with E-state index in [1.807, 2.05) is 7.05 Å². The molecule has 1 N–H and O–H groups in total. The molecule has 0 aliphatic carbocycles. The van der Waals surface area contributed by atoms with Crippen molar-refractivity contribution in [1.82, 2.24) is 5.32 Å². The summed E-state index contributed by atoms with van der Waals surface area (Å²) in [5, 5.41) is 5.45. The molecule has 0 bridgehead atoms. The molecular weight excluding hydrogens is 400 g/mol. The van der Waals surface area contributed by atoms with Crippen molar-refractivity contribution < 1.29 is 0 Å². The van der Waals surface area contributed by atoms with Gasteiger partial charge < -0.3 is 10.2 Å². The maximum Gasteiger partial charge on any atom is 0.0701 e. The molecule has 1 aromatic carbocycles. The van der Waals surface area contributed by atoms with Crippen LogP contribution < -0.4 is 10.2 Å². The van der Waals surface area contributed by atoms with Crippen LogP contribution in [0.15, 0.2) is 37.9 Å². The van der Waals surface area contributed by atoms with E-state index in [1.165, 1.54) is 20.6 Å². The molecule has 0 radical (unpaired) electrons. The summed E-state index contributed by atoms with van der Waals surface area (Å²) in [6, 6.07) is 9.06. The Bertz CT molecular complexity index is 583. The van der Waals surface area contributed by atoms with E-state index in [-0.39, 0.29) is 0 Å². The van der Waals surface area contributed by atoms with Gasteiger partial charge in [0.25, 0.3) is 0 Å². The van der Waals surface area contributed by atoms with Crippen molar-refractivity contribution in [2.75, 3.05) is 19.0 Å². The van der Waals surface area contributed by atoms with Crippen molar-refractivity contribution in [2.45, 2.75) is 19.5 Å². The molecule has 108 valence electrons. The lowest BCUT2D eigenvalue weighted by Crippen LogP contribution is -2.17. The summed E-state index contributed by atoms with van der Waals surface area (Å²) in [4.78, 5) is 2.26. The van der Waals surface area contributed by atoms with Gasteiger partial charge >= 0.3 is 0 Å². The first kappa shape index (κ1) is 16.0. The minimum Gasteiger partial charge on any atom is -0.370 e. The molecule has 0 aliphatic rings. The zero-order valence-corrected chi connectivity index (χ0v) is 15.8. The molecule has 0 saturated carbocycles. The predicted octanol–water partition coefficient (Wildman–Crippen LogP) is 5.19. The van der Waals surface area contributed by atoms with E-state index in [4.69, 9.17) is 0 Å².